The summed E-state index contributed by atoms with van der Waals surface area (Å²) >= 11 is 0. The number of ether oxygens (including phenoxy) is 1. The van der Waals surface area contributed by atoms with Gasteiger partial charge in [0.2, 0.25) is 5.75 Å². The number of aromatic hydroxyl groups is 3. The van der Waals surface area contributed by atoms with Crippen LogP contribution in [0.1, 0.15) is 34.3 Å². The number of amides is 1. The van der Waals surface area contributed by atoms with E-state index in [0.717, 1.165) is 0 Å². The molecule has 114 valence electrons. The summed E-state index contributed by atoms with van der Waals surface area (Å²) in [5, 5.41) is 29.2. The Labute approximate surface area is 121 Å². The van der Waals surface area contributed by atoms with Gasteiger partial charge in [0.05, 0.1) is 19.2 Å². The first-order valence-corrected chi connectivity index (χ1v) is 6.50. The summed E-state index contributed by atoms with van der Waals surface area (Å²) in [4.78, 5) is 24.8. The molecule has 0 fully saturated rings. The molecule has 7 heteroatoms. The minimum absolute atomic E-state index is 0.135. The second-order valence-electron chi connectivity index (χ2n) is 4.93. The van der Waals surface area contributed by atoms with E-state index in [9.17, 15) is 24.9 Å². The zero-order valence-corrected chi connectivity index (χ0v) is 11.8. The SMILES string of the molecule is COC(=O)CCCN1Cc2c(O)c(O)c(O)c(C)c2C1=O. The highest BCUT2D eigenvalue weighted by atomic mass is 16.5. The van der Waals surface area contributed by atoms with Gasteiger partial charge in [-0.2, -0.15) is 0 Å². The van der Waals surface area contributed by atoms with Crippen LogP contribution < -0.4 is 0 Å². The number of fused-ring (bicyclic) bond motifs is 1. The monoisotopic (exact) mass is 295 g/mol. The number of benzene rings is 1. The van der Waals surface area contributed by atoms with Crippen LogP contribution in [0.2, 0.25) is 0 Å². The Kier molecular flexibility index (Phi) is 3.93. The number of carbonyl (C=O) groups excluding carboxylic acids is 2. The first-order valence-electron chi connectivity index (χ1n) is 6.50. The normalized spacial score (nSPS) is 13.4. The molecule has 0 aromatic heterocycles. The third-order valence-electron chi connectivity index (χ3n) is 3.65. The van der Waals surface area contributed by atoms with Gasteiger partial charge in [-0.05, 0) is 13.3 Å². The van der Waals surface area contributed by atoms with Gasteiger partial charge in [0.1, 0.15) is 0 Å². The van der Waals surface area contributed by atoms with Gasteiger partial charge in [-0.1, -0.05) is 0 Å². The fraction of sp³-hybridized carbons (Fsp3) is 0.429. The number of hydrogen-bond acceptors (Lipinski definition) is 6. The van der Waals surface area contributed by atoms with Gasteiger partial charge >= 0.3 is 5.97 Å². The van der Waals surface area contributed by atoms with E-state index >= 15 is 0 Å². The number of rotatable bonds is 4. The molecule has 0 bridgehead atoms. The zero-order chi connectivity index (χ0) is 15.7. The largest absolute Gasteiger partial charge is 0.504 e. The third-order valence-corrected chi connectivity index (χ3v) is 3.65. The minimum atomic E-state index is -0.615. The predicted octanol–water partition coefficient (Wildman–Crippen LogP) is 1.02. The van der Waals surface area contributed by atoms with Crippen molar-refractivity contribution < 1.29 is 29.6 Å². The summed E-state index contributed by atoms with van der Waals surface area (Å²) < 4.78 is 4.52. The highest BCUT2D eigenvalue weighted by Gasteiger charge is 2.34. The van der Waals surface area contributed by atoms with E-state index in [-0.39, 0.29) is 36.0 Å². The highest BCUT2D eigenvalue weighted by Crippen LogP contribution is 2.45. The van der Waals surface area contributed by atoms with Gasteiger partial charge in [0.25, 0.3) is 5.91 Å². The maximum absolute atomic E-state index is 12.3. The van der Waals surface area contributed by atoms with Crippen LogP contribution in [-0.2, 0) is 16.1 Å². The fourth-order valence-corrected chi connectivity index (χ4v) is 2.46. The van der Waals surface area contributed by atoms with E-state index in [0.29, 0.717) is 18.5 Å². The second kappa shape index (κ2) is 5.51. The Morgan fingerprint density at radius 3 is 2.52 bits per heavy atom. The van der Waals surface area contributed by atoms with Crippen LogP contribution in [0.25, 0.3) is 0 Å². The highest BCUT2D eigenvalue weighted by molar-refractivity contribution is 6.01. The molecule has 7 nitrogen and oxygen atoms in total. The molecular weight excluding hydrogens is 278 g/mol. The maximum Gasteiger partial charge on any atom is 0.305 e. The molecule has 1 aliphatic heterocycles. The number of phenols is 3. The third kappa shape index (κ3) is 2.46. The van der Waals surface area contributed by atoms with Crippen molar-refractivity contribution in [2.24, 2.45) is 0 Å². The summed E-state index contributed by atoms with van der Waals surface area (Å²) in [6.07, 6.45) is 0.627. The summed E-state index contributed by atoms with van der Waals surface area (Å²) in [7, 11) is 1.30. The van der Waals surface area contributed by atoms with E-state index in [1.165, 1.54) is 18.9 Å². The van der Waals surface area contributed by atoms with Crippen molar-refractivity contribution >= 4 is 11.9 Å². The van der Waals surface area contributed by atoms with Crippen molar-refractivity contribution in [3.63, 3.8) is 0 Å². The molecule has 0 saturated heterocycles. The Bertz CT molecular complexity index is 610. The van der Waals surface area contributed by atoms with Crippen LogP contribution in [0, 0.1) is 6.92 Å². The molecule has 0 unspecified atom stereocenters. The van der Waals surface area contributed by atoms with Crippen molar-refractivity contribution in [1.29, 1.82) is 0 Å². The van der Waals surface area contributed by atoms with Crippen molar-refractivity contribution in [2.45, 2.75) is 26.3 Å². The van der Waals surface area contributed by atoms with Crippen molar-refractivity contribution in [3.8, 4) is 17.2 Å². The summed E-state index contributed by atoms with van der Waals surface area (Å²) in [6.45, 7) is 1.96. The van der Waals surface area contributed by atoms with Gasteiger partial charge in [0, 0.05) is 24.1 Å². The smallest absolute Gasteiger partial charge is 0.305 e. The predicted molar refractivity (Wildman–Crippen MR) is 72.2 cm³/mol. The average molecular weight is 295 g/mol. The van der Waals surface area contributed by atoms with Gasteiger partial charge < -0.3 is 25.0 Å². The van der Waals surface area contributed by atoms with E-state index in [4.69, 9.17) is 0 Å². The van der Waals surface area contributed by atoms with E-state index in [1.807, 2.05) is 0 Å². The molecule has 1 aliphatic rings. The van der Waals surface area contributed by atoms with E-state index in [2.05, 4.69) is 4.74 Å². The van der Waals surface area contributed by atoms with E-state index in [1.54, 1.807) is 0 Å². The van der Waals surface area contributed by atoms with Crippen molar-refractivity contribution in [3.05, 3.63) is 16.7 Å². The molecule has 3 N–H and O–H groups in total. The lowest BCUT2D eigenvalue weighted by atomic mass is 10.0. The summed E-state index contributed by atoms with van der Waals surface area (Å²) in [5.41, 5.74) is 0.743. The standard InChI is InChI=1S/C14H17NO6/c1-7-10-8(12(18)13(19)11(7)17)6-15(14(10)20)5-3-4-9(16)21-2/h17-19H,3-6H2,1-2H3. The van der Waals surface area contributed by atoms with Gasteiger partial charge in [-0.3, -0.25) is 9.59 Å². The molecule has 1 aromatic carbocycles. The molecule has 0 radical (unpaired) electrons. The quantitative estimate of drug-likeness (QED) is 0.565. The Hall–Kier alpha value is -2.44. The Morgan fingerprint density at radius 2 is 1.90 bits per heavy atom. The minimum Gasteiger partial charge on any atom is -0.504 e. The number of methoxy groups -OCH3 is 1. The van der Waals surface area contributed by atoms with Crippen molar-refractivity contribution in [1.82, 2.24) is 4.90 Å². The molecule has 21 heavy (non-hydrogen) atoms. The van der Waals surface area contributed by atoms with Crippen LogP contribution in [0.4, 0.5) is 0 Å². The first-order chi connectivity index (χ1) is 9.88. The van der Waals surface area contributed by atoms with Crippen LogP contribution in [-0.4, -0.2) is 45.8 Å². The Balaban J connectivity index is 2.19. The number of phenolic OH excluding ortho intramolecular Hbond substituents is 3. The average Bonchev–Trinajstić information content (AvgIpc) is 2.80. The molecule has 1 amide bonds. The molecule has 2 rings (SSSR count). The number of nitrogens with zero attached hydrogens (tertiary/aromatic N) is 1. The molecule has 0 spiro atoms. The zero-order valence-electron chi connectivity index (χ0n) is 11.8. The topological polar surface area (TPSA) is 107 Å². The van der Waals surface area contributed by atoms with Crippen LogP contribution in [0.3, 0.4) is 0 Å². The molecule has 0 atom stereocenters. The van der Waals surface area contributed by atoms with Crippen LogP contribution >= 0.6 is 0 Å². The van der Waals surface area contributed by atoms with Gasteiger partial charge in [-0.25, -0.2) is 0 Å². The first kappa shape index (κ1) is 15.0. The van der Waals surface area contributed by atoms with Gasteiger partial charge in [0.15, 0.2) is 11.5 Å². The molecular formula is C14H17NO6. The maximum atomic E-state index is 12.3. The molecule has 0 aliphatic carbocycles. The van der Waals surface area contributed by atoms with Crippen LogP contribution in [0.5, 0.6) is 17.2 Å². The molecule has 1 aromatic rings. The Morgan fingerprint density at radius 1 is 1.24 bits per heavy atom. The fourth-order valence-electron chi connectivity index (χ4n) is 2.46. The molecule has 0 saturated carbocycles. The van der Waals surface area contributed by atoms with E-state index < -0.39 is 17.2 Å². The van der Waals surface area contributed by atoms with Crippen LogP contribution in [0.15, 0.2) is 0 Å². The molecule has 1 heterocycles. The summed E-state index contributed by atoms with van der Waals surface area (Å²) in [6, 6.07) is 0. The van der Waals surface area contributed by atoms with Crippen molar-refractivity contribution in [2.75, 3.05) is 13.7 Å². The number of carbonyl (C=O) groups is 2. The van der Waals surface area contributed by atoms with Gasteiger partial charge in [-0.15, -0.1) is 0 Å². The lowest BCUT2D eigenvalue weighted by Crippen LogP contribution is -2.25. The number of hydrogen-bond donors (Lipinski definition) is 3. The summed E-state index contributed by atoms with van der Waals surface area (Å²) in [5.74, 6) is -2.27. The number of esters is 1. The lowest BCUT2D eigenvalue weighted by Gasteiger charge is -2.14. The lowest BCUT2D eigenvalue weighted by molar-refractivity contribution is -0.140. The second-order valence-corrected chi connectivity index (χ2v) is 4.93.